The van der Waals surface area contributed by atoms with Crippen molar-refractivity contribution < 1.29 is 31.9 Å². The van der Waals surface area contributed by atoms with Crippen molar-refractivity contribution in [3.8, 4) is 5.75 Å². The molecule has 3 aromatic rings. The number of hydrogen-bond acceptors (Lipinski definition) is 7. The van der Waals surface area contributed by atoms with Crippen LogP contribution in [-0.2, 0) is 19.4 Å². The first-order valence-corrected chi connectivity index (χ1v) is 11.4. The summed E-state index contributed by atoms with van der Waals surface area (Å²) in [5.74, 6) is -0.840. The number of sulfone groups is 1. The Morgan fingerprint density at radius 2 is 1.77 bits per heavy atom. The fraction of sp³-hybridized carbons (Fsp3) is 0.273. The summed E-state index contributed by atoms with van der Waals surface area (Å²) in [4.78, 5) is 24.9. The molecule has 1 aromatic heterocycles. The number of amides is 1. The molecule has 0 radical (unpaired) electrons. The highest BCUT2D eigenvalue weighted by Gasteiger charge is 2.23. The molecule has 1 heterocycles. The Labute approximate surface area is 180 Å². The fourth-order valence-electron chi connectivity index (χ4n) is 3.04. The second-order valence-electron chi connectivity index (χ2n) is 6.67. The highest BCUT2D eigenvalue weighted by Crippen LogP contribution is 2.31. The van der Waals surface area contributed by atoms with Gasteiger partial charge in [0.15, 0.2) is 9.84 Å². The molecule has 1 amide bonds. The summed E-state index contributed by atoms with van der Waals surface area (Å²) >= 11 is 0. The van der Waals surface area contributed by atoms with E-state index in [-0.39, 0.29) is 41.5 Å². The number of anilines is 1. The Hall–Kier alpha value is -3.33. The van der Waals surface area contributed by atoms with E-state index < -0.39 is 21.7 Å². The lowest BCUT2D eigenvalue weighted by molar-refractivity contribution is -0.116. The summed E-state index contributed by atoms with van der Waals surface area (Å²) in [7, 11) is -2.04. The maximum absolute atomic E-state index is 12.5. The van der Waals surface area contributed by atoms with Crippen molar-refractivity contribution in [2.24, 2.45) is 0 Å². The van der Waals surface area contributed by atoms with E-state index in [9.17, 15) is 18.0 Å². The van der Waals surface area contributed by atoms with Crippen molar-refractivity contribution >= 4 is 38.4 Å². The standard InChI is InChI=1S/C22H23NO7S/c1-3-29-22(25)21-20(17-7-4-5-8-18(17)30-21)23-19(24)9-6-14-31(26,27)16-12-10-15(28-2)11-13-16/h4-5,7-8,10-13H,3,6,9,14H2,1-2H3,(H,23,24). The van der Waals surface area contributed by atoms with Crippen LogP contribution in [-0.4, -0.2) is 39.8 Å². The molecule has 2 aromatic carbocycles. The Balaban J connectivity index is 1.67. The van der Waals surface area contributed by atoms with Crippen molar-refractivity contribution in [3.05, 3.63) is 54.3 Å². The quantitative estimate of drug-likeness (QED) is 0.498. The minimum Gasteiger partial charge on any atom is -0.497 e. The molecule has 9 heteroatoms. The second-order valence-corrected chi connectivity index (χ2v) is 8.78. The number of nitrogens with one attached hydrogen (secondary N) is 1. The Bertz CT molecular complexity index is 1180. The first-order chi connectivity index (χ1) is 14.9. The molecule has 0 aliphatic heterocycles. The third kappa shape index (κ3) is 5.24. The molecule has 0 atom stereocenters. The van der Waals surface area contributed by atoms with Gasteiger partial charge < -0.3 is 19.2 Å². The van der Waals surface area contributed by atoms with Crippen molar-refractivity contribution in [3.63, 3.8) is 0 Å². The number of methoxy groups -OCH3 is 1. The molecule has 0 saturated carbocycles. The van der Waals surface area contributed by atoms with Crippen LogP contribution in [0.4, 0.5) is 5.69 Å². The SMILES string of the molecule is CCOC(=O)c1oc2ccccc2c1NC(=O)CCCS(=O)(=O)c1ccc(OC)cc1. The molecule has 0 bridgehead atoms. The molecule has 8 nitrogen and oxygen atoms in total. The molecule has 3 rings (SSSR count). The predicted octanol–water partition coefficient (Wildman–Crippen LogP) is 3.81. The molecule has 1 N–H and O–H groups in total. The lowest BCUT2D eigenvalue weighted by Crippen LogP contribution is -2.16. The topological polar surface area (TPSA) is 112 Å². The van der Waals surface area contributed by atoms with Gasteiger partial charge in [-0.2, -0.15) is 0 Å². The third-order valence-electron chi connectivity index (χ3n) is 4.56. The average molecular weight is 445 g/mol. The third-order valence-corrected chi connectivity index (χ3v) is 6.37. The van der Waals surface area contributed by atoms with Gasteiger partial charge in [-0.05, 0) is 49.7 Å². The zero-order valence-electron chi connectivity index (χ0n) is 17.2. The van der Waals surface area contributed by atoms with E-state index in [0.717, 1.165) is 0 Å². The van der Waals surface area contributed by atoms with Gasteiger partial charge in [-0.15, -0.1) is 0 Å². The molecule has 0 spiro atoms. The van der Waals surface area contributed by atoms with Crippen LogP contribution in [0.25, 0.3) is 11.0 Å². The van der Waals surface area contributed by atoms with Gasteiger partial charge in [0.1, 0.15) is 17.0 Å². The molecule has 0 saturated heterocycles. The van der Waals surface area contributed by atoms with Gasteiger partial charge in [-0.25, -0.2) is 13.2 Å². The zero-order chi connectivity index (χ0) is 22.4. The van der Waals surface area contributed by atoms with Gasteiger partial charge >= 0.3 is 5.97 Å². The van der Waals surface area contributed by atoms with Crippen molar-refractivity contribution in [2.45, 2.75) is 24.7 Å². The molecule has 0 aliphatic carbocycles. The summed E-state index contributed by atoms with van der Waals surface area (Å²) in [6.45, 7) is 1.83. The number of fused-ring (bicyclic) bond motifs is 1. The van der Waals surface area contributed by atoms with Gasteiger partial charge in [-0.3, -0.25) is 4.79 Å². The minimum atomic E-state index is -3.53. The molecule has 0 aliphatic rings. The van der Waals surface area contributed by atoms with Crippen molar-refractivity contribution in [1.29, 1.82) is 0 Å². The normalized spacial score (nSPS) is 11.3. The zero-order valence-corrected chi connectivity index (χ0v) is 18.0. The van der Waals surface area contributed by atoms with Crippen LogP contribution in [0.1, 0.15) is 30.3 Å². The van der Waals surface area contributed by atoms with Crippen molar-refractivity contribution in [2.75, 3.05) is 24.8 Å². The average Bonchev–Trinajstić information content (AvgIpc) is 3.12. The number of esters is 1. The molecular formula is C22H23NO7S. The van der Waals surface area contributed by atoms with E-state index in [0.29, 0.717) is 16.7 Å². The van der Waals surface area contributed by atoms with Gasteiger partial charge in [0, 0.05) is 11.8 Å². The van der Waals surface area contributed by atoms with Crippen molar-refractivity contribution in [1.82, 2.24) is 0 Å². The Kier molecular flexibility index (Phi) is 6.96. The highest BCUT2D eigenvalue weighted by molar-refractivity contribution is 7.91. The number of ether oxygens (including phenoxy) is 2. The van der Waals surface area contributed by atoms with Crippen LogP contribution in [0.3, 0.4) is 0 Å². The van der Waals surface area contributed by atoms with Crippen LogP contribution in [0.2, 0.25) is 0 Å². The van der Waals surface area contributed by atoms with Crippen LogP contribution in [0.15, 0.2) is 57.8 Å². The number of carbonyl (C=O) groups excluding carboxylic acids is 2. The van der Waals surface area contributed by atoms with E-state index >= 15 is 0 Å². The largest absolute Gasteiger partial charge is 0.497 e. The van der Waals surface area contributed by atoms with Crippen LogP contribution >= 0.6 is 0 Å². The van der Waals surface area contributed by atoms with E-state index in [2.05, 4.69) is 5.32 Å². The van der Waals surface area contributed by atoms with Crippen LogP contribution in [0.5, 0.6) is 5.75 Å². The summed E-state index contributed by atoms with van der Waals surface area (Å²) in [5.41, 5.74) is 0.653. The molecule has 164 valence electrons. The first kappa shape index (κ1) is 22.4. The van der Waals surface area contributed by atoms with E-state index in [4.69, 9.17) is 13.9 Å². The lowest BCUT2D eigenvalue weighted by atomic mass is 10.2. The number of rotatable bonds is 9. The number of para-hydroxylation sites is 1. The molecule has 31 heavy (non-hydrogen) atoms. The van der Waals surface area contributed by atoms with Gasteiger partial charge in [0.25, 0.3) is 0 Å². The van der Waals surface area contributed by atoms with Crippen LogP contribution < -0.4 is 10.1 Å². The lowest BCUT2D eigenvalue weighted by Gasteiger charge is -2.07. The first-order valence-electron chi connectivity index (χ1n) is 9.71. The maximum Gasteiger partial charge on any atom is 0.376 e. The maximum atomic E-state index is 12.5. The van der Waals surface area contributed by atoms with Crippen LogP contribution in [0, 0.1) is 0 Å². The predicted molar refractivity (Wildman–Crippen MR) is 115 cm³/mol. The van der Waals surface area contributed by atoms with Gasteiger partial charge in [0.05, 0.1) is 24.4 Å². The van der Waals surface area contributed by atoms with Gasteiger partial charge in [-0.1, -0.05) is 12.1 Å². The Morgan fingerprint density at radius 3 is 2.45 bits per heavy atom. The molecular weight excluding hydrogens is 422 g/mol. The number of benzene rings is 2. The smallest absolute Gasteiger partial charge is 0.376 e. The number of furan rings is 1. The molecule has 0 unspecified atom stereocenters. The monoisotopic (exact) mass is 445 g/mol. The summed E-state index contributed by atoms with van der Waals surface area (Å²) < 4.78 is 40.5. The van der Waals surface area contributed by atoms with E-state index in [1.165, 1.54) is 19.2 Å². The number of carbonyl (C=O) groups is 2. The summed E-state index contributed by atoms with van der Waals surface area (Å²) in [5, 5.41) is 3.23. The second kappa shape index (κ2) is 9.65. The minimum absolute atomic E-state index is 0.0445. The van der Waals surface area contributed by atoms with Gasteiger partial charge in [0.2, 0.25) is 11.7 Å². The molecule has 0 fully saturated rings. The highest BCUT2D eigenvalue weighted by atomic mass is 32.2. The summed E-state index contributed by atoms with van der Waals surface area (Å²) in [6.07, 6.45) is 0.0713. The van der Waals surface area contributed by atoms with E-state index in [1.807, 2.05) is 0 Å². The summed E-state index contributed by atoms with van der Waals surface area (Å²) in [6, 6.07) is 13.0. The Morgan fingerprint density at radius 1 is 1.06 bits per heavy atom. The van der Waals surface area contributed by atoms with E-state index in [1.54, 1.807) is 43.3 Å². The number of hydrogen-bond donors (Lipinski definition) is 1. The fourth-order valence-corrected chi connectivity index (χ4v) is 4.35.